The molecule has 14 heteroatoms. The van der Waals surface area contributed by atoms with Gasteiger partial charge in [0.15, 0.2) is 11.6 Å². The standard InChI is InChI=1S/C21H19ClF2N4O5S2/c22-14-3-1-12(2-4-14)16-5-6-28(21(29)30)9-13(16)10-33-17-7-15(23)8-18(19(17)24)35(31,32)27-20-25-11-26-34-20/h1-4,7-8,11,13,16H,5-6,9-10H2,(H,29,30)(H,25,26,27)/t13?,16-/m1/s1. The van der Waals surface area contributed by atoms with Gasteiger partial charge in [-0.2, -0.15) is 4.37 Å². The van der Waals surface area contributed by atoms with Crippen LogP contribution in [0.15, 0.2) is 47.6 Å². The molecule has 9 nitrogen and oxygen atoms in total. The minimum absolute atomic E-state index is 0.101. The summed E-state index contributed by atoms with van der Waals surface area (Å²) in [5.74, 6) is -3.46. The van der Waals surface area contributed by atoms with Crippen molar-refractivity contribution in [1.29, 1.82) is 0 Å². The van der Waals surface area contributed by atoms with E-state index >= 15 is 4.39 Å². The van der Waals surface area contributed by atoms with Crippen LogP contribution in [0.2, 0.25) is 5.02 Å². The summed E-state index contributed by atoms with van der Waals surface area (Å²) in [6.07, 6.45) is 0.497. The van der Waals surface area contributed by atoms with Crippen molar-refractivity contribution in [2.75, 3.05) is 24.4 Å². The molecule has 1 aliphatic heterocycles. The number of nitrogens with one attached hydrogen (secondary N) is 1. The number of benzene rings is 2. The molecule has 0 bridgehead atoms. The molecule has 2 aromatic carbocycles. The molecular formula is C21H19ClF2N4O5S2. The fourth-order valence-corrected chi connectivity index (χ4v) is 5.84. The third-order valence-electron chi connectivity index (χ3n) is 5.60. The normalized spacial score (nSPS) is 18.3. The first kappa shape index (κ1) is 25.1. The van der Waals surface area contributed by atoms with Crippen LogP contribution in [-0.4, -0.2) is 53.6 Å². The van der Waals surface area contributed by atoms with Gasteiger partial charge >= 0.3 is 6.09 Å². The van der Waals surface area contributed by atoms with Crippen LogP contribution in [0.5, 0.6) is 5.75 Å². The lowest BCUT2D eigenvalue weighted by atomic mass is 9.81. The van der Waals surface area contributed by atoms with Crippen LogP contribution in [0.3, 0.4) is 0 Å². The molecule has 1 amide bonds. The number of likely N-dealkylation sites (tertiary alicyclic amines) is 1. The van der Waals surface area contributed by atoms with Gasteiger partial charge in [0.05, 0.1) is 6.61 Å². The summed E-state index contributed by atoms with van der Waals surface area (Å²) in [6.45, 7) is 0.219. The lowest BCUT2D eigenvalue weighted by molar-refractivity contribution is 0.0926. The second kappa shape index (κ2) is 10.3. The van der Waals surface area contributed by atoms with Gasteiger partial charge < -0.3 is 14.7 Å². The van der Waals surface area contributed by atoms with E-state index in [2.05, 4.69) is 9.36 Å². The lowest BCUT2D eigenvalue weighted by Gasteiger charge is -2.37. The van der Waals surface area contributed by atoms with Gasteiger partial charge in [0.1, 0.15) is 17.0 Å². The average molecular weight is 545 g/mol. The van der Waals surface area contributed by atoms with E-state index in [4.69, 9.17) is 16.3 Å². The highest BCUT2D eigenvalue weighted by molar-refractivity contribution is 7.93. The molecule has 35 heavy (non-hydrogen) atoms. The predicted octanol–water partition coefficient (Wildman–Crippen LogP) is 4.43. The Morgan fingerprint density at radius 2 is 2.03 bits per heavy atom. The van der Waals surface area contributed by atoms with Crippen LogP contribution in [0.1, 0.15) is 17.9 Å². The molecule has 2 heterocycles. The molecule has 0 aliphatic carbocycles. The van der Waals surface area contributed by atoms with Crippen LogP contribution in [-0.2, 0) is 10.0 Å². The monoisotopic (exact) mass is 544 g/mol. The Bertz CT molecular complexity index is 1310. The van der Waals surface area contributed by atoms with Gasteiger partial charge in [0, 0.05) is 41.6 Å². The second-order valence-electron chi connectivity index (χ2n) is 7.81. The molecule has 1 fully saturated rings. The van der Waals surface area contributed by atoms with E-state index < -0.39 is 44.3 Å². The lowest BCUT2D eigenvalue weighted by Crippen LogP contribution is -2.44. The summed E-state index contributed by atoms with van der Waals surface area (Å²) in [4.78, 5) is 15.5. The molecule has 2 atom stereocenters. The van der Waals surface area contributed by atoms with E-state index in [-0.39, 0.29) is 24.2 Å². The first-order valence-corrected chi connectivity index (χ1v) is 12.9. The molecule has 1 unspecified atom stereocenters. The number of ether oxygens (including phenoxy) is 1. The highest BCUT2D eigenvalue weighted by Crippen LogP contribution is 2.35. The second-order valence-corrected chi connectivity index (χ2v) is 10.7. The first-order valence-electron chi connectivity index (χ1n) is 10.3. The number of amides is 1. The van der Waals surface area contributed by atoms with Crippen molar-refractivity contribution in [2.24, 2.45) is 5.92 Å². The first-order chi connectivity index (χ1) is 16.6. The Labute approximate surface area is 208 Å². The number of hydrogen-bond donors (Lipinski definition) is 2. The number of rotatable bonds is 7. The molecule has 3 aromatic rings. The van der Waals surface area contributed by atoms with Crippen molar-refractivity contribution in [3.8, 4) is 5.75 Å². The van der Waals surface area contributed by atoms with Crippen LogP contribution < -0.4 is 9.46 Å². The number of aromatic nitrogens is 2. The fourth-order valence-electron chi connectivity index (χ4n) is 3.95. The fraction of sp³-hybridized carbons (Fsp3) is 0.286. The summed E-state index contributed by atoms with van der Waals surface area (Å²) in [7, 11) is -4.52. The Morgan fingerprint density at radius 1 is 1.29 bits per heavy atom. The quantitative estimate of drug-likeness (QED) is 0.451. The topological polar surface area (TPSA) is 122 Å². The van der Waals surface area contributed by atoms with Crippen molar-refractivity contribution in [3.05, 3.63) is 64.9 Å². The molecule has 1 aromatic heterocycles. The van der Waals surface area contributed by atoms with Gasteiger partial charge in [-0.1, -0.05) is 23.7 Å². The maximum Gasteiger partial charge on any atom is 0.407 e. The smallest absolute Gasteiger partial charge is 0.407 e. The maximum atomic E-state index is 15.1. The number of piperidine rings is 1. The average Bonchev–Trinajstić information content (AvgIpc) is 3.32. The maximum absolute atomic E-state index is 15.1. The van der Waals surface area contributed by atoms with Gasteiger partial charge in [-0.15, -0.1) is 0 Å². The van der Waals surface area contributed by atoms with Crippen LogP contribution in [0, 0.1) is 17.6 Å². The molecule has 0 radical (unpaired) electrons. The number of nitrogens with zero attached hydrogens (tertiary/aromatic N) is 3. The van der Waals surface area contributed by atoms with Crippen molar-refractivity contribution >= 4 is 44.4 Å². The zero-order valence-corrected chi connectivity index (χ0v) is 20.3. The largest absolute Gasteiger partial charge is 0.490 e. The molecule has 1 saturated heterocycles. The summed E-state index contributed by atoms with van der Waals surface area (Å²) in [6, 6.07) is 8.36. The van der Waals surface area contributed by atoms with Gasteiger partial charge in [0.2, 0.25) is 5.13 Å². The minimum Gasteiger partial charge on any atom is -0.490 e. The van der Waals surface area contributed by atoms with E-state index in [1.54, 1.807) is 12.1 Å². The summed E-state index contributed by atoms with van der Waals surface area (Å²) in [5, 5.41) is 9.85. The number of carboxylic acid groups (broad SMARTS) is 1. The Balaban J connectivity index is 1.58. The molecule has 4 rings (SSSR count). The number of sulfonamides is 1. The SMILES string of the molecule is O=C(O)N1CC[C@H](c2ccc(Cl)cc2)C(COc2cc(F)cc(S(=O)(=O)Nc3ncns3)c2F)C1. The molecule has 1 aliphatic rings. The van der Waals surface area contributed by atoms with Gasteiger partial charge in [-0.05, 0) is 36.1 Å². The number of hydrogen-bond acceptors (Lipinski definition) is 7. The van der Waals surface area contributed by atoms with Crippen molar-refractivity contribution in [1.82, 2.24) is 14.3 Å². The van der Waals surface area contributed by atoms with Gasteiger partial charge in [0.25, 0.3) is 10.0 Å². The van der Waals surface area contributed by atoms with E-state index in [1.807, 2.05) is 16.9 Å². The van der Waals surface area contributed by atoms with Crippen molar-refractivity contribution in [2.45, 2.75) is 17.2 Å². The summed E-state index contributed by atoms with van der Waals surface area (Å²) >= 11 is 6.70. The Hall–Kier alpha value is -3.03. The zero-order valence-electron chi connectivity index (χ0n) is 17.9. The zero-order chi connectivity index (χ0) is 25.2. The van der Waals surface area contributed by atoms with Gasteiger partial charge in [-0.25, -0.2) is 27.0 Å². The van der Waals surface area contributed by atoms with Crippen molar-refractivity contribution < 1.29 is 31.8 Å². The highest BCUT2D eigenvalue weighted by atomic mass is 35.5. The minimum atomic E-state index is -4.52. The Kier molecular flexibility index (Phi) is 7.38. The number of halogens is 3. The molecular weight excluding hydrogens is 526 g/mol. The van der Waals surface area contributed by atoms with E-state index in [1.165, 1.54) is 4.90 Å². The van der Waals surface area contributed by atoms with E-state index in [9.17, 15) is 22.7 Å². The molecule has 0 saturated carbocycles. The van der Waals surface area contributed by atoms with E-state index in [0.717, 1.165) is 29.5 Å². The van der Waals surface area contributed by atoms with Crippen LogP contribution in [0.4, 0.5) is 18.7 Å². The van der Waals surface area contributed by atoms with Gasteiger partial charge in [-0.3, -0.25) is 4.72 Å². The number of anilines is 1. The number of carbonyl (C=O) groups is 1. The molecule has 186 valence electrons. The van der Waals surface area contributed by atoms with Crippen molar-refractivity contribution in [3.63, 3.8) is 0 Å². The van der Waals surface area contributed by atoms with E-state index in [0.29, 0.717) is 24.1 Å². The third kappa shape index (κ3) is 5.80. The van der Waals surface area contributed by atoms with Crippen LogP contribution >= 0.6 is 23.1 Å². The summed E-state index contributed by atoms with van der Waals surface area (Å²) in [5.41, 5.74) is 0.900. The Morgan fingerprint density at radius 3 is 2.69 bits per heavy atom. The summed E-state index contributed by atoms with van der Waals surface area (Å²) < 4.78 is 65.8. The molecule has 0 spiro atoms. The van der Waals surface area contributed by atoms with Crippen LogP contribution in [0.25, 0.3) is 0 Å². The third-order valence-corrected chi connectivity index (χ3v) is 7.90. The highest BCUT2D eigenvalue weighted by Gasteiger charge is 2.34. The molecule has 2 N–H and O–H groups in total. The predicted molar refractivity (Wildman–Crippen MR) is 124 cm³/mol.